The van der Waals surface area contributed by atoms with E-state index in [0.29, 0.717) is 17.9 Å². The Balaban J connectivity index is 2.65. The molecule has 1 rings (SSSR count). The van der Waals surface area contributed by atoms with E-state index in [-0.39, 0.29) is 12.0 Å². The van der Waals surface area contributed by atoms with E-state index < -0.39 is 0 Å². The van der Waals surface area contributed by atoms with Crippen LogP contribution in [0.15, 0.2) is 0 Å². The Bertz CT molecular complexity index is 349. The van der Waals surface area contributed by atoms with Crippen LogP contribution in [-0.4, -0.2) is 35.2 Å². The van der Waals surface area contributed by atoms with Gasteiger partial charge in [0.1, 0.15) is 0 Å². The zero-order chi connectivity index (χ0) is 13.5. The van der Waals surface area contributed by atoms with Gasteiger partial charge in [-0.1, -0.05) is 13.8 Å². The SMILES string of the molecule is COc1nc(NC(C)CCC(C)C)nc(OC)n1. The number of nitrogens with one attached hydrogen (secondary N) is 1. The Morgan fingerprint density at radius 3 is 1.94 bits per heavy atom. The first-order chi connectivity index (χ1) is 8.55. The first-order valence-electron chi connectivity index (χ1n) is 6.15. The standard InChI is InChI=1S/C12H22N4O2/c1-8(2)6-7-9(3)13-10-14-11(17-4)16-12(15-10)18-5/h8-9H,6-7H2,1-5H3,(H,13,14,15,16). The molecule has 102 valence electrons. The van der Waals surface area contributed by atoms with Crippen molar-refractivity contribution in [1.82, 2.24) is 15.0 Å². The van der Waals surface area contributed by atoms with E-state index in [1.807, 2.05) is 0 Å². The van der Waals surface area contributed by atoms with E-state index in [9.17, 15) is 0 Å². The Labute approximate surface area is 108 Å². The molecule has 0 aliphatic carbocycles. The Hall–Kier alpha value is -1.59. The first kappa shape index (κ1) is 14.5. The average Bonchev–Trinajstić information content (AvgIpc) is 2.35. The van der Waals surface area contributed by atoms with Gasteiger partial charge in [0.15, 0.2) is 0 Å². The van der Waals surface area contributed by atoms with Gasteiger partial charge in [-0.05, 0) is 25.7 Å². The molecule has 1 atom stereocenters. The molecule has 1 N–H and O–H groups in total. The topological polar surface area (TPSA) is 69.2 Å². The first-order valence-corrected chi connectivity index (χ1v) is 6.15. The molecule has 0 aliphatic rings. The summed E-state index contributed by atoms with van der Waals surface area (Å²) in [6.45, 7) is 6.52. The molecule has 1 aromatic heterocycles. The van der Waals surface area contributed by atoms with Crippen LogP contribution in [0.2, 0.25) is 0 Å². The summed E-state index contributed by atoms with van der Waals surface area (Å²) in [6.07, 6.45) is 2.22. The molecule has 6 nitrogen and oxygen atoms in total. The normalized spacial score (nSPS) is 12.3. The van der Waals surface area contributed by atoms with Gasteiger partial charge < -0.3 is 14.8 Å². The van der Waals surface area contributed by atoms with E-state index in [0.717, 1.165) is 12.8 Å². The number of hydrogen-bond acceptors (Lipinski definition) is 6. The van der Waals surface area contributed by atoms with Crippen LogP contribution in [0.25, 0.3) is 0 Å². The minimum Gasteiger partial charge on any atom is -0.467 e. The molecular weight excluding hydrogens is 232 g/mol. The van der Waals surface area contributed by atoms with Gasteiger partial charge in [0.25, 0.3) is 0 Å². The molecule has 0 fully saturated rings. The van der Waals surface area contributed by atoms with Crippen LogP contribution in [0.4, 0.5) is 5.95 Å². The molecule has 1 unspecified atom stereocenters. The van der Waals surface area contributed by atoms with Gasteiger partial charge in [-0.25, -0.2) is 0 Å². The van der Waals surface area contributed by atoms with Crippen LogP contribution in [0.5, 0.6) is 12.0 Å². The Morgan fingerprint density at radius 2 is 1.50 bits per heavy atom. The van der Waals surface area contributed by atoms with Gasteiger partial charge in [0, 0.05) is 6.04 Å². The number of ether oxygens (including phenoxy) is 2. The van der Waals surface area contributed by atoms with Gasteiger partial charge >= 0.3 is 12.0 Å². The van der Waals surface area contributed by atoms with Crippen LogP contribution < -0.4 is 14.8 Å². The fraction of sp³-hybridized carbons (Fsp3) is 0.750. The van der Waals surface area contributed by atoms with Crippen LogP contribution >= 0.6 is 0 Å². The van der Waals surface area contributed by atoms with Crippen LogP contribution in [-0.2, 0) is 0 Å². The van der Waals surface area contributed by atoms with Gasteiger partial charge in [-0.15, -0.1) is 4.98 Å². The smallest absolute Gasteiger partial charge is 0.324 e. The van der Waals surface area contributed by atoms with Gasteiger partial charge in [0.05, 0.1) is 14.2 Å². The summed E-state index contributed by atoms with van der Waals surface area (Å²) in [5.41, 5.74) is 0. The lowest BCUT2D eigenvalue weighted by atomic mass is 10.0. The van der Waals surface area contributed by atoms with Gasteiger partial charge in [0.2, 0.25) is 5.95 Å². The van der Waals surface area contributed by atoms with Crippen molar-refractivity contribution >= 4 is 5.95 Å². The summed E-state index contributed by atoms with van der Waals surface area (Å²) in [7, 11) is 3.03. The fourth-order valence-corrected chi connectivity index (χ4v) is 1.46. The maximum Gasteiger partial charge on any atom is 0.324 e. The molecule has 1 heterocycles. The van der Waals surface area contributed by atoms with Gasteiger partial charge in [-0.2, -0.15) is 9.97 Å². The predicted octanol–water partition coefficient (Wildman–Crippen LogP) is 2.13. The zero-order valence-corrected chi connectivity index (χ0v) is 11.7. The van der Waals surface area contributed by atoms with Crippen molar-refractivity contribution in [3.05, 3.63) is 0 Å². The van der Waals surface area contributed by atoms with E-state index in [1.165, 1.54) is 14.2 Å². The highest BCUT2D eigenvalue weighted by molar-refractivity contribution is 5.28. The summed E-state index contributed by atoms with van der Waals surface area (Å²) in [4.78, 5) is 12.2. The highest BCUT2D eigenvalue weighted by atomic mass is 16.5. The van der Waals surface area contributed by atoms with Crippen molar-refractivity contribution in [3.63, 3.8) is 0 Å². The highest BCUT2D eigenvalue weighted by Crippen LogP contribution is 2.14. The van der Waals surface area contributed by atoms with Gasteiger partial charge in [-0.3, -0.25) is 0 Å². The molecule has 1 aromatic rings. The monoisotopic (exact) mass is 254 g/mol. The van der Waals surface area contributed by atoms with Crippen LogP contribution in [0.1, 0.15) is 33.6 Å². The number of nitrogens with zero attached hydrogens (tertiary/aromatic N) is 3. The molecular formula is C12H22N4O2. The zero-order valence-electron chi connectivity index (χ0n) is 11.7. The van der Waals surface area contributed by atoms with E-state index in [4.69, 9.17) is 9.47 Å². The Kier molecular flexibility index (Phi) is 5.61. The third-order valence-corrected chi connectivity index (χ3v) is 2.51. The molecule has 0 aromatic carbocycles. The lowest BCUT2D eigenvalue weighted by Gasteiger charge is -2.15. The molecule has 0 saturated carbocycles. The minimum absolute atomic E-state index is 0.250. The third kappa shape index (κ3) is 4.73. The molecule has 0 spiro atoms. The van der Waals surface area contributed by atoms with Crippen molar-refractivity contribution in [2.24, 2.45) is 5.92 Å². The average molecular weight is 254 g/mol. The minimum atomic E-state index is 0.250. The van der Waals surface area contributed by atoms with Crippen molar-refractivity contribution in [1.29, 1.82) is 0 Å². The number of hydrogen-bond donors (Lipinski definition) is 1. The second kappa shape index (κ2) is 6.98. The van der Waals surface area contributed by atoms with Crippen molar-refractivity contribution in [2.45, 2.75) is 39.7 Å². The largest absolute Gasteiger partial charge is 0.467 e. The molecule has 0 amide bonds. The van der Waals surface area contributed by atoms with Crippen molar-refractivity contribution in [2.75, 3.05) is 19.5 Å². The number of methoxy groups -OCH3 is 2. The number of rotatable bonds is 7. The van der Waals surface area contributed by atoms with E-state index in [2.05, 4.69) is 41.0 Å². The lowest BCUT2D eigenvalue weighted by Crippen LogP contribution is -2.18. The summed E-state index contributed by atoms with van der Waals surface area (Å²) in [5, 5.41) is 3.22. The maximum atomic E-state index is 4.99. The molecule has 0 radical (unpaired) electrons. The predicted molar refractivity (Wildman–Crippen MR) is 70.1 cm³/mol. The number of anilines is 1. The number of aromatic nitrogens is 3. The molecule has 0 bridgehead atoms. The van der Waals surface area contributed by atoms with Crippen LogP contribution in [0, 0.1) is 5.92 Å². The second-order valence-corrected chi connectivity index (χ2v) is 4.65. The highest BCUT2D eigenvalue weighted by Gasteiger charge is 2.10. The summed E-state index contributed by atoms with van der Waals surface area (Å²) in [5.74, 6) is 1.17. The van der Waals surface area contributed by atoms with E-state index >= 15 is 0 Å². The van der Waals surface area contributed by atoms with Crippen molar-refractivity contribution in [3.8, 4) is 12.0 Å². The summed E-state index contributed by atoms with van der Waals surface area (Å²) in [6, 6.07) is 0.796. The molecule has 0 aliphatic heterocycles. The second-order valence-electron chi connectivity index (χ2n) is 4.65. The fourth-order valence-electron chi connectivity index (χ4n) is 1.46. The Morgan fingerprint density at radius 1 is 0.944 bits per heavy atom. The van der Waals surface area contributed by atoms with E-state index in [1.54, 1.807) is 0 Å². The summed E-state index contributed by atoms with van der Waals surface area (Å²) >= 11 is 0. The molecule has 0 saturated heterocycles. The lowest BCUT2D eigenvalue weighted by molar-refractivity contribution is 0.340. The maximum absolute atomic E-state index is 4.99. The van der Waals surface area contributed by atoms with Crippen molar-refractivity contribution < 1.29 is 9.47 Å². The third-order valence-electron chi connectivity index (χ3n) is 2.51. The van der Waals surface area contributed by atoms with Crippen LogP contribution in [0.3, 0.4) is 0 Å². The molecule has 18 heavy (non-hydrogen) atoms. The quantitative estimate of drug-likeness (QED) is 0.803. The molecule has 6 heteroatoms. The summed E-state index contributed by atoms with van der Waals surface area (Å²) < 4.78 is 9.99.